The van der Waals surface area contributed by atoms with Gasteiger partial charge in [-0.25, -0.2) is 5.01 Å². The second-order valence-corrected chi connectivity index (χ2v) is 8.49. The van der Waals surface area contributed by atoms with Crippen molar-refractivity contribution in [1.82, 2.24) is 5.01 Å². The Balaban J connectivity index is 1.47. The zero-order chi connectivity index (χ0) is 22.6. The number of unbranched alkanes of at least 4 members (excludes halogenated alkanes) is 2. The Morgan fingerprint density at radius 2 is 1.79 bits per heavy atom. The van der Waals surface area contributed by atoms with E-state index in [0.717, 1.165) is 53.3 Å². The molecule has 0 saturated heterocycles. The van der Waals surface area contributed by atoms with Crippen molar-refractivity contribution in [2.75, 3.05) is 13.7 Å². The van der Waals surface area contributed by atoms with Crippen molar-refractivity contribution in [3.05, 3.63) is 89.5 Å². The van der Waals surface area contributed by atoms with Crippen molar-refractivity contribution in [1.29, 1.82) is 0 Å². The molecule has 5 rings (SSSR count). The fourth-order valence-corrected chi connectivity index (χ4v) is 4.55. The highest BCUT2D eigenvalue weighted by atomic mass is 16.5. The largest absolute Gasteiger partial charge is 0.493 e. The summed E-state index contributed by atoms with van der Waals surface area (Å²) in [5.41, 5.74) is 4.39. The molecule has 0 aliphatic carbocycles. The third kappa shape index (κ3) is 4.28. The predicted molar refractivity (Wildman–Crippen MR) is 130 cm³/mol. The van der Waals surface area contributed by atoms with Crippen LogP contribution in [0, 0.1) is 0 Å². The number of hydrogen-bond acceptors (Lipinski definition) is 5. The van der Waals surface area contributed by atoms with E-state index in [9.17, 15) is 0 Å². The smallest absolute Gasteiger partial charge is 0.214 e. The molecular formula is C28H30N2O3. The first-order valence-electron chi connectivity index (χ1n) is 11.8. The minimum absolute atomic E-state index is 0.131. The molecule has 3 aromatic carbocycles. The van der Waals surface area contributed by atoms with Gasteiger partial charge in [-0.05, 0) is 36.2 Å². The number of methoxy groups -OCH3 is 1. The molecule has 0 radical (unpaired) electrons. The first kappa shape index (κ1) is 21.4. The van der Waals surface area contributed by atoms with Crippen LogP contribution in [0.25, 0.3) is 0 Å². The van der Waals surface area contributed by atoms with E-state index in [-0.39, 0.29) is 12.3 Å². The number of rotatable bonds is 8. The highest BCUT2D eigenvalue weighted by Crippen LogP contribution is 2.48. The van der Waals surface area contributed by atoms with Crippen LogP contribution in [0.1, 0.15) is 61.6 Å². The van der Waals surface area contributed by atoms with Crippen molar-refractivity contribution >= 4 is 5.71 Å². The quantitative estimate of drug-likeness (QED) is 0.373. The Bertz CT molecular complexity index is 1130. The monoisotopic (exact) mass is 442 g/mol. The van der Waals surface area contributed by atoms with E-state index >= 15 is 0 Å². The molecule has 5 nitrogen and oxygen atoms in total. The Morgan fingerprint density at radius 3 is 2.61 bits per heavy atom. The van der Waals surface area contributed by atoms with E-state index in [1.54, 1.807) is 7.11 Å². The van der Waals surface area contributed by atoms with E-state index in [0.29, 0.717) is 6.61 Å². The number of hydrogen-bond donors (Lipinski definition) is 0. The average molecular weight is 443 g/mol. The van der Waals surface area contributed by atoms with Crippen LogP contribution >= 0.6 is 0 Å². The van der Waals surface area contributed by atoms with Gasteiger partial charge in [0.1, 0.15) is 5.75 Å². The van der Waals surface area contributed by atoms with Crippen molar-refractivity contribution < 1.29 is 14.2 Å². The summed E-state index contributed by atoms with van der Waals surface area (Å²) in [4.78, 5) is 0. The maximum absolute atomic E-state index is 6.49. The summed E-state index contributed by atoms with van der Waals surface area (Å²) in [7, 11) is 1.68. The summed E-state index contributed by atoms with van der Waals surface area (Å²) in [6, 6.07) is 24.8. The lowest BCUT2D eigenvalue weighted by molar-refractivity contribution is -0.0191. The standard InChI is InChI=1S/C28H30N2O3/c1-3-4-10-17-32-26-16-15-21(18-27(26)31-2)28-30-24(22-13-8-9-14-25(22)33-28)19-23(29-30)20-11-6-5-7-12-20/h5-9,11-16,18,24,28H,3-4,10,17,19H2,1-2H3/t24-,28-/m1/s1. The molecule has 2 heterocycles. The third-order valence-corrected chi connectivity index (χ3v) is 6.28. The van der Waals surface area contributed by atoms with Crippen molar-refractivity contribution in [3.63, 3.8) is 0 Å². The summed E-state index contributed by atoms with van der Waals surface area (Å²) in [5.74, 6) is 2.39. The minimum atomic E-state index is -0.339. The predicted octanol–water partition coefficient (Wildman–Crippen LogP) is 6.51. The zero-order valence-corrected chi connectivity index (χ0v) is 19.2. The molecule has 0 N–H and O–H groups in total. The summed E-state index contributed by atoms with van der Waals surface area (Å²) in [5, 5.41) is 7.14. The van der Waals surface area contributed by atoms with Gasteiger partial charge < -0.3 is 14.2 Å². The molecular weight excluding hydrogens is 412 g/mol. The van der Waals surface area contributed by atoms with Crippen LogP contribution < -0.4 is 14.2 Å². The molecule has 33 heavy (non-hydrogen) atoms. The summed E-state index contributed by atoms with van der Waals surface area (Å²) in [6.07, 6.45) is 3.87. The van der Waals surface area contributed by atoms with Gasteiger partial charge in [-0.3, -0.25) is 0 Å². The highest BCUT2D eigenvalue weighted by molar-refractivity contribution is 6.01. The Labute approximate surface area is 195 Å². The Hall–Kier alpha value is -3.47. The van der Waals surface area contributed by atoms with Crippen LogP contribution in [0.3, 0.4) is 0 Å². The maximum Gasteiger partial charge on any atom is 0.214 e. The van der Waals surface area contributed by atoms with Gasteiger partial charge in [-0.2, -0.15) is 5.10 Å². The first-order chi connectivity index (χ1) is 16.3. The maximum atomic E-state index is 6.49. The van der Waals surface area contributed by atoms with E-state index in [4.69, 9.17) is 19.3 Å². The summed E-state index contributed by atoms with van der Waals surface area (Å²) >= 11 is 0. The molecule has 3 aromatic rings. The molecule has 0 unspecified atom stereocenters. The van der Waals surface area contributed by atoms with Crippen LogP contribution in [0.15, 0.2) is 77.9 Å². The van der Waals surface area contributed by atoms with Crippen LogP contribution in [0.2, 0.25) is 0 Å². The van der Waals surface area contributed by atoms with Gasteiger partial charge in [0.25, 0.3) is 0 Å². The average Bonchev–Trinajstić information content (AvgIpc) is 3.33. The molecule has 0 amide bonds. The fraction of sp³-hybridized carbons (Fsp3) is 0.321. The van der Waals surface area contributed by atoms with Gasteiger partial charge in [0, 0.05) is 17.5 Å². The first-order valence-corrected chi connectivity index (χ1v) is 11.8. The number of para-hydroxylation sites is 1. The van der Waals surface area contributed by atoms with Crippen LogP contribution in [0.5, 0.6) is 17.2 Å². The molecule has 2 atom stereocenters. The van der Waals surface area contributed by atoms with Crippen LogP contribution in [0.4, 0.5) is 0 Å². The van der Waals surface area contributed by atoms with E-state index in [1.807, 2.05) is 30.3 Å². The second-order valence-electron chi connectivity index (χ2n) is 8.49. The van der Waals surface area contributed by atoms with Crippen LogP contribution in [-0.4, -0.2) is 24.4 Å². The molecule has 5 heteroatoms. The number of benzene rings is 3. The number of ether oxygens (including phenoxy) is 3. The molecule has 2 aliphatic rings. The molecule has 0 spiro atoms. The topological polar surface area (TPSA) is 43.3 Å². The van der Waals surface area contributed by atoms with E-state index in [1.165, 1.54) is 12.0 Å². The van der Waals surface area contributed by atoms with Gasteiger partial charge in [0.2, 0.25) is 6.23 Å². The molecule has 170 valence electrons. The second kappa shape index (κ2) is 9.57. The Kier molecular flexibility index (Phi) is 6.20. The lowest BCUT2D eigenvalue weighted by atomic mass is 9.96. The summed E-state index contributed by atoms with van der Waals surface area (Å²) < 4.78 is 18.1. The third-order valence-electron chi connectivity index (χ3n) is 6.28. The van der Waals surface area contributed by atoms with Crippen LogP contribution in [-0.2, 0) is 0 Å². The van der Waals surface area contributed by atoms with Gasteiger partial charge in [-0.1, -0.05) is 68.3 Å². The van der Waals surface area contributed by atoms with Crippen molar-refractivity contribution in [2.24, 2.45) is 5.10 Å². The van der Waals surface area contributed by atoms with Gasteiger partial charge in [0.05, 0.1) is 25.5 Å². The zero-order valence-electron chi connectivity index (χ0n) is 19.2. The summed E-state index contributed by atoms with van der Waals surface area (Å²) in [6.45, 7) is 2.88. The molecule has 0 fully saturated rings. The fourth-order valence-electron chi connectivity index (χ4n) is 4.55. The van der Waals surface area contributed by atoms with Gasteiger partial charge in [0.15, 0.2) is 11.5 Å². The number of fused-ring (bicyclic) bond motifs is 3. The SMILES string of the molecule is CCCCCOc1ccc([C@H]2Oc3ccccc3[C@H]3CC(c4ccccc4)=NN32)cc1OC. The highest BCUT2D eigenvalue weighted by Gasteiger charge is 2.41. The van der Waals surface area contributed by atoms with E-state index < -0.39 is 0 Å². The molecule has 0 aromatic heterocycles. The van der Waals surface area contributed by atoms with E-state index in [2.05, 4.69) is 54.4 Å². The minimum Gasteiger partial charge on any atom is -0.493 e. The molecule has 2 aliphatic heterocycles. The van der Waals surface area contributed by atoms with Crippen molar-refractivity contribution in [3.8, 4) is 17.2 Å². The normalized spacial score (nSPS) is 18.7. The number of nitrogens with zero attached hydrogens (tertiary/aromatic N) is 2. The van der Waals surface area contributed by atoms with Gasteiger partial charge >= 0.3 is 0 Å². The van der Waals surface area contributed by atoms with Crippen molar-refractivity contribution in [2.45, 2.75) is 44.9 Å². The Morgan fingerprint density at radius 1 is 0.970 bits per heavy atom. The molecule has 0 bridgehead atoms. The number of hydrazone groups is 1. The lowest BCUT2D eigenvalue weighted by Crippen LogP contribution is -2.33. The lowest BCUT2D eigenvalue weighted by Gasteiger charge is -2.38. The molecule has 0 saturated carbocycles. The van der Waals surface area contributed by atoms with Gasteiger partial charge in [-0.15, -0.1) is 0 Å².